The van der Waals surface area contributed by atoms with Gasteiger partial charge in [-0.25, -0.2) is 4.99 Å². The molecule has 0 fully saturated rings. The van der Waals surface area contributed by atoms with Crippen molar-refractivity contribution in [3.8, 4) is 0 Å². The Kier molecular flexibility index (Phi) is 14.9. The summed E-state index contributed by atoms with van der Waals surface area (Å²) in [5.41, 5.74) is 1.70. The number of benzene rings is 1. The van der Waals surface area contributed by atoms with Crippen LogP contribution in [-0.4, -0.2) is 57.0 Å². The Bertz CT molecular complexity index is 563. The summed E-state index contributed by atoms with van der Waals surface area (Å²) in [6, 6.07) is 7.66. The molecule has 1 aromatic rings. The normalized spacial score (nSPS) is 11.1. The Morgan fingerprint density at radius 3 is 2.52 bits per heavy atom. The van der Waals surface area contributed by atoms with Crippen LogP contribution in [0, 0.1) is 0 Å². The van der Waals surface area contributed by atoms with Crippen molar-refractivity contribution < 1.29 is 4.79 Å². The average Bonchev–Trinajstić information content (AvgIpc) is 2.63. The van der Waals surface area contributed by atoms with Gasteiger partial charge in [-0.15, -0.1) is 24.0 Å². The van der Waals surface area contributed by atoms with Crippen LogP contribution < -0.4 is 16.0 Å². The highest BCUT2D eigenvalue weighted by Gasteiger charge is 2.06. The zero-order valence-corrected chi connectivity index (χ0v) is 19.5. The largest absolute Gasteiger partial charge is 0.357 e. The van der Waals surface area contributed by atoms with Crippen LogP contribution in [0.3, 0.4) is 0 Å². The molecule has 154 valence electrons. The number of amides is 1. The van der Waals surface area contributed by atoms with Gasteiger partial charge in [0, 0.05) is 31.7 Å². The van der Waals surface area contributed by atoms with Crippen LogP contribution in [0.15, 0.2) is 29.3 Å². The van der Waals surface area contributed by atoms with E-state index in [-0.39, 0.29) is 29.9 Å². The Morgan fingerprint density at radius 1 is 1.07 bits per heavy atom. The molecule has 6 nitrogen and oxygen atoms in total. The fraction of sp³-hybridized carbons (Fsp3) is 0.600. The molecule has 1 aromatic carbocycles. The van der Waals surface area contributed by atoms with E-state index >= 15 is 0 Å². The summed E-state index contributed by atoms with van der Waals surface area (Å²) in [6.45, 7) is 8.01. The monoisotopic (exact) mass is 489 g/mol. The fourth-order valence-electron chi connectivity index (χ4n) is 2.40. The third-order valence-electron chi connectivity index (χ3n) is 3.87. The van der Waals surface area contributed by atoms with E-state index in [1.807, 2.05) is 43.3 Å². The first-order valence-electron chi connectivity index (χ1n) is 9.60. The second kappa shape index (κ2) is 15.7. The van der Waals surface area contributed by atoms with Gasteiger partial charge in [0.25, 0.3) is 5.91 Å². The maximum Gasteiger partial charge on any atom is 0.251 e. The van der Waals surface area contributed by atoms with E-state index in [9.17, 15) is 4.79 Å². The topological polar surface area (TPSA) is 68.8 Å². The number of hydrogen-bond acceptors (Lipinski definition) is 3. The number of hydrogen-bond donors (Lipinski definition) is 3. The van der Waals surface area contributed by atoms with Gasteiger partial charge in [-0.2, -0.15) is 0 Å². The van der Waals surface area contributed by atoms with Crippen LogP contribution in [0.2, 0.25) is 0 Å². The summed E-state index contributed by atoms with van der Waals surface area (Å²) in [5, 5.41) is 9.56. The summed E-state index contributed by atoms with van der Waals surface area (Å²) in [4.78, 5) is 18.9. The molecule has 0 aliphatic heterocycles. The van der Waals surface area contributed by atoms with Gasteiger partial charge < -0.3 is 20.9 Å². The van der Waals surface area contributed by atoms with Gasteiger partial charge in [0.1, 0.15) is 0 Å². The first-order valence-corrected chi connectivity index (χ1v) is 9.60. The van der Waals surface area contributed by atoms with Crippen molar-refractivity contribution in [1.82, 2.24) is 20.9 Å². The van der Waals surface area contributed by atoms with Crippen molar-refractivity contribution >= 4 is 35.8 Å². The minimum atomic E-state index is -0.0396. The van der Waals surface area contributed by atoms with Crippen LogP contribution in [0.5, 0.6) is 0 Å². The van der Waals surface area contributed by atoms with Crippen molar-refractivity contribution in [1.29, 1.82) is 0 Å². The van der Waals surface area contributed by atoms with Gasteiger partial charge in [-0.05, 0) is 45.1 Å². The molecule has 0 saturated heterocycles. The number of carbonyl (C=O) groups is 1. The molecule has 27 heavy (non-hydrogen) atoms. The van der Waals surface area contributed by atoms with E-state index in [1.165, 1.54) is 12.8 Å². The number of rotatable bonds is 11. The average molecular weight is 489 g/mol. The summed E-state index contributed by atoms with van der Waals surface area (Å²) >= 11 is 0. The third-order valence-corrected chi connectivity index (χ3v) is 3.87. The maximum atomic E-state index is 12.2. The number of nitrogens with one attached hydrogen (secondary N) is 3. The highest BCUT2D eigenvalue weighted by atomic mass is 127. The third kappa shape index (κ3) is 11.9. The van der Waals surface area contributed by atoms with Gasteiger partial charge >= 0.3 is 0 Å². The smallest absolute Gasteiger partial charge is 0.251 e. The van der Waals surface area contributed by atoms with Gasteiger partial charge in [-0.1, -0.05) is 31.9 Å². The predicted molar refractivity (Wildman–Crippen MR) is 125 cm³/mol. The molecule has 0 spiro atoms. The molecule has 0 radical (unpaired) electrons. The van der Waals surface area contributed by atoms with E-state index in [0.29, 0.717) is 18.7 Å². The van der Waals surface area contributed by atoms with E-state index in [4.69, 9.17) is 0 Å². The van der Waals surface area contributed by atoms with Crippen molar-refractivity contribution in [2.45, 2.75) is 39.7 Å². The first kappa shape index (κ1) is 25.6. The molecular formula is C20H36IN5O. The van der Waals surface area contributed by atoms with E-state index < -0.39 is 0 Å². The molecule has 1 amide bonds. The fourth-order valence-corrected chi connectivity index (χ4v) is 2.40. The molecule has 0 aliphatic rings. The molecule has 0 aliphatic carbocycles. The van der Waals surface area contributed by atoms with Gasteiger partial charge in [0.05, 0.1) is 6.54 Å². The number of nitrogens with zero attached hydrogens (tertiary/aromatic N) is 2. The Hall–Kier alpha value is -1.35. The molecule has 7 heteroatoms. The minimum Gasteiger partial charge on any atom is -0.357 e. The van der Waals surface area contributed by atoms with E-state index in [0.717, 1.165) is 37.6 Å². The van der Waals surface area contributed by atoms with Gasteiger partial charge in [-0.3, -0.25) is 4.79 Å². The molecule has 0 heterocycles. The molecule has 1 rings (SSSR count). The van der Waals surface area contributed by atoms with Crippen LogP contribution in [0.1, 0.15) is 49.0 Å². The number of aliphatic imine (C=N–C) groups is 1. The van der Waals surface area contributed by atoms with E-state index in [1.54, 1.807) is 0 Å². The Morgan fingerprint density at radius 2 is 1.85 bits per heavy atom. The number of carbonyl (C=O) groups excluding carboxylic acids is 1. The Balaban J connectivity index is 0.00000676. The molecular weight excluding hydrogens is 453 g/mol. The van der Waals surface area contributed by atoms with Crippen molar-refractivity contribution in [3.63, 3.8) is 0 Å². The summed E-state index contributed by atoms with van der Waals surface area (Å²) in [6.07, 6.45) is 3.57. The van der Waals surface area contributed by atoms with Crippen LogP contribution in [0.25, 0.3) is 0 Å². The van der Waals surface area contributed by atoms with Crippen LogP contribution >= 0.6 is 24.0 Å². The second-order valence-corrected chi connectivity index (χ2v) is 6.59. The molecule has 0 saturated carbocycles. The van der Waals surface area contributed by atoms with Crippen LogP contribution in [0.4, 0.5) is 0 Å². The number of likely N-dealkylation sites (N-methyl/N-ethyl adjacent to an activating group) is 1. The predicted octanol–water partition coefficient (Wildman–Crippen LogP) is 2.84. The lowest BCUT2D eigenvalue weighted by Gasteiger charge is -2.12. The van der Waals surface area contributed by atoms with Crippen molar-refractivity contribution in [2.24, 2.45) is 4.99 Å². The lowest BCUT2D eigenvalue weighted by Crippen LogP contribution is -2.37. The lowest BCUT2D eigenvalue weighted by molar-refractivity contribution is 0.0951. The zero-order chi connectivity index (χ0) is 19.2. The quantitative estimate of drug-likeness (QED) is 0.194. The highest BCUT2D eigenvalue weighted by Crippen LogP contribution is 2.07. The van der Waals surface area contributed by atoms with Gasteiger partial charge in [0.2, 0.25) is 0 Å². The second-order valence-electron chi connectivity index (χ2n) is 6.59. The summed E-state index contributed by atoms with van der Waals surface area (Å²) in [7, 11) is 3.98. The molecule has 0 atom stereocenters. The lowest BCUT2D eigenvalue weighted by atomic mass is 10.1. The van der Waals surface area contributed by atoms with E-state index in [2.05, 4.69) is 34.8 Å². The summed E-state index contributed by atoms with van der Waals surface area (Å²) < 4.78 is 0. The number of guanidine groups is 1. The van der Waals surface area contributed by atoms with Crippen molar-refractivity contribution in [2.75, 3.05) is 40.3 Å². The SMILES string of the molecule is CCCCCNC(=NCc1cccc(C(=O)NCCN(C)C)c1)NCC.I. The van der Waals surface area contributed by atoms with Crippen LogP contribution in [-0.2, 0) is 6.54 Å². The molecule has 0 aromatic heterocycles. The molecule has 3 N–H and O–H groups in total. The van der Waals surface area contributed by atoms with Gasteiger partial charge in [0.15, 0.2) is 5.96 Å². The summed E-state index contributed by atoms with van der Waals surface area (Å²) in [5.74, 6) is 0.784. The maximum absolute atomic E-state index is 12.2. The highest BCUT2D eigenvalue weighted by molar-refractivity contribution is 14.0. The Labute approximate surface area is 181 Å². The standard InChI is InChI=1S/C20H35N5O.HI/c1-5-7-8-12-23-20(21-6-2)24-16-17-10-9-11-18(15-17)19(26)22-13-14-25(3)4;/h9-11,15H,5-8,12-14,16H2,1-4H3,(H,22,26)(H2,21,23,24);1H. The first-order chi connectivity index (χ1) is 12.6. The minimum absolute atomic E-state index is 0. The number of halogens is 1. The molecule has 0 bridgehead atoms. The zero-order valence-electron chi connectivity index (χ0n) is 17.2. The molecule has 0 unspecified atom stereocenters. The van der Waals surface area contributed by atoms with Crippen molar-refractivity contribution in [3.05, 3.63) is 35.4 Å². The number of unbranched alkanes of at least 4 members (excludes halogenated alkanes) is 2.